The molecule has 0 aromatic carbocycles. The molecule has 1 heterocycles. The minimum Gasteiger partial charge on any atom is -0.339 e. The largest absolute Gasteiger partial charge is 0.339 e. The number of amides is 1. The van der Waals surface area contributed by atoms with E-state index in [1.165, 1.54) is 19.3 Å². The van der Waals surface area contributed by atoms with Gasteiger partial charge in [-0.2, -0.15) is 0 Å². The third kappa shape index (κ3) is 5.28. The number of carbonyl (C=O) groups excluding carboxylic acids is 1. The summed E-state index contributed by atoms with van der Waals surface area (Å²) in [6, 6.07) is 0.469. The van der Waals surface area contributed by atoms with Crippen molar-refractivity contribution in [3.8, 4) is 0 Å². The van der Waals surface area contributed by atoms with Crippen molar-refractivity contribution in [2.75, 3.05) is 32.1 Å². The van der Waals surface area contributed by atoms with Crippen LogP contribution < -0.4 is 0 Å². The van der Waals surface area contributed by atoms with E-state index in [0.717, 1.165) is 44.9 Å². The van der Waals surface area contributed by atoms with Gasteiger partial charge in [-0.25, -0.2) is 0 Å². The maximum absolute atomic E-state index is 11.9. The Hall–Kier alpha value is 0.01000. The highest BCUT2D eigenvalue weighted by Crippen LogP contribution is 2.30. The number of carbonyl (C=O) groups is 1. The Morgan fingerprint density at radius 3 is 2.68 bits per heavy atom. The van der Waals surface area contributed by atoms with E-state index in [1.54, 1.807) is 0 Å². The minimum atomic E-state index is 0.0774. The molecular formula is C17H30Cl2N2O. The molecule has 2 aliphatic rings. The third-order valence-electron chi connectivity index (χ3n) is 5.03. The Morgan fingerprint density at radius 1 is 1.27 bits per heavy atom. The van der Waals surface area contributed by atoms with Crippen molar-refractivity contribution in [1.29, 1.82) is 0 Å². The summed E-state index contributed by atoms with van der Waals surface area (Å²) < 4.78 is 0. The zero-order chi connectivity index (χ0) is 16.1. The minimum absolute atomic E-state index is 0.0774. The smallest absolute Gasteiger partial charge is 0.237 e. The van der Waals surface area contributed by atoms with Gasteiger partial charge >= 0.3 is 0 Å². The second-order valence-electron chi connectivity index (χ2n) is 7.38. The molecule has 0 radical (unpaired) electrons. The number of nitrogens with zero attached hydrogens (tertiary/aromatic N) is 2. The molecule has 1 aliphatic heterocycles. The maximum Gasteiger partial charge on any atom is 0.237 e. The molecule has 3 atom stereocenters. The molecule has 3 nitrogen and oxygen atoms in total. The lowest BCUT2D eigenvalue weighted by Gasteiger charge is -2.44. The van der Waals surface area contributed by atoms with Crippen LogP contribution in [-0.4, -0.2) is 59.2 Å². The number of hydrogen-bond acceptors (Lipinski definition) is 2. The van der Waals surface area contributed by atoms with Crippen molar-refractivity contribution in [1.82, 2.24) is 9.80 Å². The SMILES string of the molecule is CC(C)C[C@H]1CN(C(=O)CCl)CCN1CC1CCCC(Cl)C1. The summed E-state index contributed by atoms with van der Waals surface area (Å²) in [5.74, 6) is 1.55. The first kappa shape index (κ1) is 18.4. The molecule has 0 bridgehead atoms. The van der Waals surface area contributed by atoms with E-state index < -0.39 is 0 Å². The van der Waals surface area contributed by atoms with E-state index in [9.17, 15) is 4.79 Å². The van der Waals surface area contributed by atoms with Gasteiger partial charge in [0.2, 0.25) is 5.91 Å². The Kier molecular flexibility index (Phi) is 7.30. The predicted molar refractivity (Wildman–Crippen MR) is 93.7 cm³/mol. The number of piperazine rings is 1. The summed E-state index contributed by atoms with van der Waals surface area (Å²) in [6.45, 7) is 8.29. The van der Waals surface area contributed by atoms with E-state index in [-0.39, 0.29) is 11.8 Å². The highest BCUT2D eigenvalue weighted by molar-refractivity contribution is 6.27. The summed E-state index contributed by atoms with van der Waals surface area (Å²) in [6.07, 6.45) is 6.03. The van der Waals surface area contributed by atoms with E-state index >= 15 is 0 Å². The molecule has 0 aromatic heterocycles. The molecule has 5 heteroatoms. The van der Waals surface area contributed by atoms with Crippen LogP contribution in [0.3, 0.4) is 0 Å². The van der Waals surface area contributed by atoms with Crippen molar-refractivity contribution < 1.29 is 4.79 Å². The quantitative estimate of drug-likeness (QED) is 0.709. The molecule has 22 heavy (non-hydrogen) atoms. The van der Waals surface area contributed by atoms with Crippen molar-refractivity contribution in [3.05, 3.63) is 0 Å². The van der Waals surface area contributed by atoms with Crippen molar-refractivity contribution in [2.24, 2.45) is 11.8 Å². The predicted octanol–water partition coefficient (Wildman–Crippen LogP) is 3.58. The fraction of sp³-hybridized carbons (Fsp3) is 0.941. The molecule has 1 amide bonds. The molecule has 1 saturated carbocycles. The normalized spacial score (nSPS) is 30.8. The second-order valence-corrected chi connectivity index (χ2v) is 8.27. The van der Waals surface area contributed by atoms with Gasteiger partial charge in [-0.15, -0.1) is 23.2 Å². The lowest BCUT2D eigenvalue weighted by molar-refractivity contribution is -0.131. The first-order valence-corrected chi connectivity index (χ1v) is 9.68. The standard InChI is InChI=1S/C17H30Cl2N2O/c1-13(2)8-16-12-21(17(22)10-18)7-6-20(16)11-14-4-3-5-15(19)9-14/h13-16H,3-12H2,1-2H3/t14?,15?,16-/m0/s1. The number of alkyl halides is 2. The van der Waals surface area contributed by atoms with Crippen molar-refractivity contribution in [2.45, 2.75) is 57.4 Å². The van der Waals surface area contributed by atoms with Gasteiger partial charge in [0.05, 0.1) is 0 Å². The van der Waals surface area contributed by atoms with E-state index in [1.807, 2.05) is 4.90 Å². The molecule has 0 N–H and O–H groups in total. The lowest BCUT2D eigenvalue weighted by Crippen LogP contribution is -2.56. The van der Waals surface area contributed by atoms with Crippen LogP contribution in [0.1, 0.15) is 46.0 Å². The van der Waals surface area contributed by atoms with Gasteiger partial charge in [-0.05, 0) is 37.5 Å². The first-order valence-electron chi connectivity index (χ1n) is 8.71. The van der Waals surface area contributed by atoms with Crippen LogP contribution >= 0.6 is 23.2 Å². The molecule has 128 valence electrons. The summed E-state index contributed by atoms with van der Waals surface area (Å²) >= 11 is 12.1. The second kappa shape index (κ2) is 8.75. The van der Waals surface area contributed by atoms with Crippen LogP contribution in [-0.2, 0) is 4.79 Å². The Morgan fingerprint density at radius 2 is 2.05 bits per heavy atom. The van der Waals surface area contributed by atoms with Gasteiger partial charge in [0.1, 0.15) is 5.88 Å². The fourth-order valence-electron chi connectivity index (χ4n) is 3.93. The van der Waals surface area contributed by atoms with Crippen molar-refractivity contribution >= 4 is 29.1 Å². The number of hydrogen-bond donors (Lipinski definition) is 0. The van der Waals surface area contributed by atoms with Crippen LogP contribution in [0, 0.1) is 11.8 Å². The van der Waals surface area contributed by atoms with Crippen LogP contribution in [0.25, 0.3) is 0 Å². The molecule has 0 spiro atoms. The first-order chi connectivity index (χ1) is 10.5. The average Bonchev–Trinajstić information content (AvgIpc) is 2.47. The maximum atomic E-state index is 11.9. The third-order valence-corrected chi connectivity index (χ3v) is 5.65. The Balaban J connectivity index is 1.94. The molecule has 1 saturated heterocycles. The molecule has 2 rings (SSSR count). The van der Waals surface area contributed by atoms with Crippen LogP contribution in [0.15, 0.2) is 0 Å². The monoisotopic (exact) mass is 348 g/mol. The van der Waals surface area contributed by atoms with Gasteiger partial charge in [0.15, 0.2) is 0 Å². The zero-order valence-corrected chi connectivity index (χ0v) is 15.5. The topological polar surface area (TPSA) is 23.6 Å². The van der Waals surface area contributed by atoms with Gasteiger partial charge in [-0.3, -0.25) is 9.69 Å². The molecule has 2 fully saturated rings. The number of halogens is 2. The van der Waals surface area contributed by atoms with Crippen LogP contribution in [0.5, 0.6) is 0 Å². The lowest BCUT2D eigenvalue weighted by atomic mass is 9.87. The number of rotatable bonds is 5. The Bertz CT molecular complexity index is 365. The van der Waals surface area contributed by atoms with Gasteiger partial charge in [0, 0.05) is 37.6 Å². The molecule has 2 unspecified atom stereocenters. The summed E-state index contributed by atoms with van der Waals surface area (Å²) in [5, 5.41) is 0.362. The van der Waals surface area contributed by atoms with E-state index in [2.05, 4.69) is 18.7 Å². The van der Waals surface area contributed by atoms with Crippen molar-refractivity contribution in [3.63, 3.8) is 0 Å². The molecule has 0 aromatic rings. The van der Waals surface area contributed by atoms with Gasteiger partial charge < -0.3 is 4.90 Å². The Labute approximate surface area is 145 Å². The van der Waals surface area contributed by atoms with E-state index in [4.69, 9.17) is 23.2 Å². The molecule has 1 aliphatic carbocycles. The highest BCUT2D eigenvalue weighted by Gasteiger charge is 2.32. The van der Waals surface area contributed by atoms with Gasteiger partial charge in [0.25, 0.3) is 0 Å². The van der Waals surface area contributed by atoms with Crippen LogP contribution in [0.4, 0.5) is 0 Å². The summed E-state index contributed by atoms with van der Waals surface area (Å²) in [4.78, 5) is 16.5. The average molecular weight is 349 g/mol. The summed E-state index contributed by atoms with van der Waals surface area (Å²) in [5.41, 5.74) is 0. The summed E-state index contributed by atoms with van der Waals surface area (Å²) in [7, 11) is 0. The van der Waals surface area contributed by atoms with E-state index in [0.29, 0.717) is 17.3 Å². The fourth-order valence-corrected chi connectivity index (χ4v) is 4.51. The highest BCUT2D eigenvalue weighted by atomic mass is 35.5. The molecular weight excluding hydrogens is 319 g/mol. The van der Waals surface area contributed by atoms with Crippen LogP contribution in [0.2, 0.25) is 0 Å². The van der Waals surface area contributed by atoms with Gasteiger partial charge in [-0.1, -0.05) is 20.3 Å². The zero-order valence-electron chi connectivity index (χ0n) is 13.9.